The van der Waals surface area contributed by atoms with E-state index in [9.17, 15) is 5.26 Å². The molecule has 104 valence electrons. The lowest BCUT2D eigenvalue weighted by Gasteiger charge is -2.32. The van der Waals surface area contributed by atoms with Crippen molar-refractivity contribution in [3.63, 3.8) is 0 Å². The van der Waals surface area contributed by atoms with E-state index in [2.05, 4.69) is 29.2 Å². The molecule has 0 saturated carbocycles. The summed E-state index contributed by atoms with van der Waals surface area (Å²) < 4.78 is 5.33. The maximum Gasteiger partial charge on any atom is 0.151 e. The number of allylic oxidation sites excluding steroid dienone is 3. The first-order chi connectivity index (χ1) is 9.65. The zero-order valence-electron chi connectivity index (χ0n) is 11.7. The summed E-state index contributed by atoms with van der Waals surface area (Å²) in [7, 11) is 0. The van der Waals surface area contributed by atoms with Gasteiger partial charge in [-0.05, 0) is 12.5 Å². The lowest BCUT2D eigenvalue weighted by Crippen LogP contribution is -2.42. The van der Waals surface area contributed by atoms with Gasteiger partial charge in [0, 0.05) is 25.4 Å². The molecular weight excluding hydrogens is 252 g/mol. The minimum atomic E-state index is 0.523. The first-order valence-electron chi connectivity index (χ1n) is 6.48. The Morgan fingerprint density at radius 3 is 2.80 bits per heavy atom. The minimum absolute atomic E-state index is 0.523. The van der Waals surface area contributed by atoms with E-state index in [1.165, 1.54) is 0 Å². The molecule has 2 aliphatic rings. The van der Waals surface area contributed by atoms with Crippen LogP contribution < -0.4 is 0 Å². The van der Waals surface area contributed by atoms with Crippen molar-refractivity contribution in [1.29, 1.82) is 5.26 Å². The van der Waals surface area contributed by atoms with Crippen LogP contribution in [-0.2, 0) is 4.74 Å². The fraction of sp³-hybridized carbons (Fsp3) is 0.333. The molecule has 2 rings (SSSR count). The second-order valence-electron chi connectivity index (χ2n) is 4.60. The second kappa shape index (κ2) is 6.22. The fourth-order valence-electron chi connectivity index (χ4n) is 1.93. The summed E-state index contributed by atoms with van der Waals surface area (Å²) in [6.07, 6.45) is 5.34. The number of amidine groups is 1. The zero-order valence-corrected chi connectivity index (χ0v) is 11.7. The molecule has 5 nitrogen and oxygen atoms in total. The molecule has 20 heavy (non-hydrogen) atoms. The predicted octanol–water partition coefficient (Wildman–Crippen LogP) is 2.00. The van der Waals surface area contributed by atoms with Crippen LogP contribution in [0.15, 0.2) is 53.5 Å². The first-order valence-corrected chi connectivity index (χ1v) is 6.48. The molecule has 0 unspecified atom stereocenters. The smallest absolute Gasteiger partial charge is 0.151 e. The highest BCUT2D eigenvalue weighted by Crippen LogP contribution is 2.21. The van der Waals surface area contributed by atoms with Gasteiger partial charge in [0.25, 0.3) is 0 Å². The largest absolute Gasteiger partial charge is 0.378 e. The predicted molar refractivity (Wildman–Crippen MR) is 78.5 cm³/mol. The summed E-state index contributed by atoms with van der Waals surface area (Å²) in [5, 5.41) is 15.4. The van der Waals surface area contributed by atoms with E-state index in [0.29, 0.717) is 24.5 Å². The van der Waals surface area contributed by atoms with Gasteiger partial charge in [-0.3, -0.25) is 0 Å². The molecule has 5 heteroatoms. The molecule has 0 aromatic carbocycles. The third-order valence-corrected chi connectivity index (χ3v) is 3.17. The van der Waals surface area contributed by atoms with E-state index >= 15 is 0 Å². The summed E-state index contributed by atoms with van der Waals surface area (Å²) >= 11 is 0. The van der Waals surface area contributed by atoms with Gasteiger partial charge in [0.1, 0.15) is 6.07 Å². The Bertz CT molecular complexity index is 545. The summed E-state index contributed by atoms with van der Waals surface area (Å²) in [5.74, 6) is 0.769. The Morgan fingerprint density at radius 1 is 1.50 bits per heavy atom. The number of hydrogen-bond donors (Lipinski definition) is 0. The van der Waals surface area contributed by atoms with Crippen LogP contribution in [0.2, 0.25) is 0 Å². The number of rotatable bonds is 2. The van der Waals surface area contributed by atoms with Gasteiger partial charge < -0.3 is 9.64 Å². The van der Waals surface area contributed by atoms with E-state index in [-0.39, 0.29) is 0 Å². The van der Waals surface area contributed by atoms with Crippen LogP contribution >= 0.6 is 0 Å². The van der Waals surface area contributed by atoms with Crippen LogP contribution in [0.5, 0.6) is 0 Å². The number of hydrazone groups is 1. The van der Waals surface area contributed by atoms with Crippen molar-refractivity contribution < 1.29 is 4.74 Å². The van der Waals surface area contributed by atoms with Gasteiger partial charge in [-0.2, -0.15) is 10.4 Å². The summed E-state index contributed by atoms with van der Waals surface area (Å²) in [6.45, 7) is 12.5. The second-order valence-corrected chi connectivity index (χ2v) is 4.60. The van der Waals surface area contributed by atoms with E-state index in [0.717, 1.165) is 24.5 Å². The van der Waals surface area contributed by atoms with Crippen molar-refractivity contribution >= 4 is 5.84 Å². The quantitative estimate of drug-likeness (QED) is 0.720. The SMILES string of the molecule is C=C/C(C)=C\N1N=C(N2CCOCC2)C=C(C#N)C1=C. The standard InChI is InChI=1S/C15H18N4O/c1-4-12(2)11-19-13(3)14(10-16)9-15(17-19)18-5-7-20-8-6-18/h4,9,11H,1,3,5-8H2,2H3/b12-11-. The van der Waals surface area contributed by atoms with Crippen molar-refractivity contribution in [3.05, 3.63) is 48.4 Å². The van der Waals surface area contributed by atoms with Crippen LogP contribution in [0.1, 0.15) is 6.92 Å². The molecule has 0 aromatic rings. The van der Waals surface area contributed by atoms with Crippen molar-refractivity contribution in [2.45, 2.75) is 6.92 Å². The summed E-state index contributed by atoms with van der Waals surface area (Å²) in [5.41, 5.74) is 2.05. The molecule has 2 heterocycles. The topological polar surface area (TPSA) is 51.9 Å². The van der Waals surface area contributed by atoms with E-state index < -0.39 is 0 Å². The Labute approximate surface area is 119 Å². The molecule has 0 atom stereocenters. The number of morpholine rings is 1. The van der Waals surface area contributed by atoms with Gasteiger partial charge in [0.05, 0.1) is 24.5 Å². The van der Waals surface area contributed by atoms with Crippen molar-refractivity contribution in [2.24, 2.45) is 5.10 Å². The van der Waals surface area contributed by atoms with Gasteiger partial charge in [-0.1, -0.05) is 19.2 Å². The Morgan fingerprint density at radius 2 is 2.20 bits per heavy atom. The molecule has 0 spiro atoms. The van der Waals surface area contributed by atoms with E-state index in [1.807, 2.05) is 13.1 Å². The average Bonchev–Trinajstić information content (AvgIpc) is 2.50. The summed E-state index contributed by atoms with van der Waals surface area (Å²) in [4.78, 5) is 2.11. The molecule has 1 fully saturated rings. The van der Waals surface area contributed by atoms with Crippen LogP contribution in [0.3, 0.4) is 0 Å². The monoisotopic (exact) mass is 270 g/mol. The van der Waals surface area contributed by atoms with Crippen LogP contribution in [0.25, 0.3) is 0 Å². The number of nitrogens with zero attached hydrogens (tertiary/aromatic N) is 4. The van der Waals surface area contributed by atoms with E-state index in [1.54, 1.807) is 17.2 Å². The number of hydrogen-bond acceptors (Lipinski definition) is 5. The lowest BCUT2D eigenvalue weighted by atomic mass is 10.1. The van der Waals surface area contributed by atoms with Gasteiger partial charge in [0.15, 0.2) is 5.84 Å². The molecule has 0 radical (unpaired) electrons. The first kappa shape index (κ1) is 14.1. The third kappa shape index (κ3) is 2.98. The molecule has 1 saturated heterocycles. The highest BCUT2D eigenvalue weighted by atomic mass is 16.5. The summed E-state index contributed by atoms with van der Waals surface area (Å²) in [6, 6.07) is 2.17. The molecular formula is C15H18N4O. The average molecular weight is 270 g/mol. The van der Waals surface area contributed by atoms with Gasteiger partial charge >= 0.3 is 0 Å². The van der Waals surface area contributed by atoms with Gasteiger partial charge in [-0.15, -0.1) is 0 Å². The molecule has 2 aliphatic heterocycles. The molecule has 0 amide bonds. The normalized spacial score (nSPS) is 20.2. The zero-order chi connectivity index (χ0) is 14.5. The lowest BCUT2D eigenvalue weighted by molar-refractivity contribution is 0.0677. The maximum atomic E-state index is 9.24. The molecule has 0 aliphatic carbocycles. The van der Waals surface area contributed by atoms with Crippen molar-refractivity contribution in [2.75, 3.05) is 26.3 Å². The number of ether oxygens (including phenoxy) is 1. The van der Waals surface area contributed by atoms with Crippen LogP contribution in [0.4, 0.5) is 0 Å². The van der Waals surface area contributed by atoms with Crippen molar-refractivity contribution in [1.82, 2.24) is 9.91 Å². The highest BCUT2D eigenvalue weighted by Gasteiger charge is 2.22. The maximum absolute atomic E-state index is 9.24. The third-order valence-electron chi connectivity index (χ3n) is 3.17. The molecule has 0 bridgehead atoms. The van der Waals surface area contributed by atoms with E-state index in [4.69, 9.17) is 4.74 Å². The highest BCUT2D eigenvalue weighted by molar-refractivity contribution is 5.95. The fourth-order valence-corrected chi connectivity index (χ4v) is 1.93. The Kier molecular flexibility index (Phi) is 4.38. The minimum Gasteiger partial charge on any atom is -0.378 e. The van der Waals surface area contributed by atoms with Crippen LogP contribution in [0, 0.1) is 11.3 Å². The van der Waals surface area contributed by atoms with Gasteiger partial charge in [0.2, 0.25) is 0 Å². The Hall–Kier alpha value is -2.32. The Balaban J connectivity index is 2.31. The molecule has 0 aromatic heterocycles. The van der Waals surface area contributed by atoms with Crippen LogP contribution in [-0.4, -0.2) is 42.0 Å². The number of nitriles is 1. The van der Waals surface area contributed by atoms with Crippen molar-refractivity contribution in [3.8, 4) is 6.07 Å². The molecule has 0 N–H and O–H groups in total. The van der Waals surface area contributed by atoms with Gasteiger partial charge in [-0.25, -0.2) is 5.01 Å².